The standard InChI is InChI=1S/C19H19F3N6O2S/c1-30-16-3-2-15(25-26-16)28-17(19(20,21)22)13(10-24-28)18(29)23-6-8-27-7-4-14-12(11-27)5-9-31-14/h2-3,5,9-10H,4,6-8,11H2,1H3,(H,23,29). The number of amides is 1. The second-order valence-corrected chi connectivity index (χ2v) is 7.90. The van der Waals surface area contributed by atoms with Gasteiger partial charge in [-0.3, -0.25) is 9.69 Å². The fourth-order valence-corrected chi connectivity index (χ4v) is 4.31. The van der Waals surface area contributed by atoms with Gasteiger partial charge in [0.2, 0.25) is 5.88 Å². The third-order valence-electron chi connectivity index (χ3n) is 4.93. The highest BCUT2D eigenvalue weighted by Crippen LogP contribution is 2.33. The molecule has 1 amide bonds. The fourth-order valence-electron chi connectivity index (χ4n) is 3.42. The van der Waals surface area contributed by atoms with E-state index in [1.165, 1.54) is 29.7 Å². The van der Waals surface area contributed by atoms with E-state index in [0.717, 1.165) is 25.7 Å². The van der Waals surface area contributed by atoms with Crippen LogP contribution in [0, 0.1) is 0 Å². The van der Waals surface area contributed by atoms with Gasteiger partial charge in [-0.15, -0.1) is 21.5 Å². The van der Waals surface area contributed by atoms with Crippen molar-refractivity contribution >= 4 is 17.2 Å². The topological polar surface area (TPSA) is 85.2 Å². The number of methoxy groups -OCH3 is 1. The van der Waals surface area contributed by atoms with E-state index < -0.39 is 23.3 Å². The van der Waals surface area contributed by atoms with E-state index >= 15 is 0 Å². The van der Waals surface area contributed by atoms with Crippen LogP contribution in [-0.4, -0.2) is 57.5 Å². The molecule has 12 heteroatoms. The van der Waals surface area contributed by atoms with Crippen molar-refractivity contribution in [3.8, 4) is 11.7 Å². The molecule has 0 unspecified atom stereocenters. The smallest absolute Gasteiger partial charge is 0.434 e. The minimum atomic E-state index is -4.81. The van der Waals surface area contributed by atoms with Crippen molar-refractivity contribution in [2.45, 2.75) is 19.1 Å². The van der Waals surface area contributed by atoms with Crippen molar-refractivity contribution < 1.29 is 22.7 Å². The van der Waals surface area contributed by atoms with Gasteiger partial charge in [0.1, 0.15) is 0 Å². The number of aromatic nitrogens is 4. The molecule has 1 N–H and O–H groups in total. The first kappa shape index (κ1) is 21.2. The summed E-state index contributed by atoms with van der Waals surface area (Å²) in [5.41, 5.74) is -0.502. The minimum absolute atomic E-state index is 0.148. The van der Waals surface area contributed by atoms with Crippen LogP contribution in [0.1, 0.15) is 26.5 Å². The van der Waals surface area contributed by atoms with Gasteiger partial charge in [0.05, 0.1) is 18.9 Å². The SMILES string of the molecule is COc1ccc(-n2ncc(C(=O)NCCN3CCc4sccc4C3)c2C(F)(F)F)nn1. The van der Waals surface area contributed by atoms with Crippen LogP contribution in [0.15, 0.2) is 29.8 Å². The molecular weight excluding hydrogens is 433 g/mol. The molecule has 4 heterocycles. The van der Waals surface area contributed by atoms with E-state index in [1.807, 2.05) is 0 Å². The first-order valence-corrected chi connectivity index (χ1v) is 10.3. The monoisotopic (exact) mass is 452 g/mol. The second-order valence-electron chi connectivity index (χ2n) is 6.90. The number of thiophene rings is 1. The Morgan fingerprint density at radius 1 is 1.29 bits per heavy atom. The Kier molecular flexibility index (Phi) is 5.92. The average molecular weight is 452 g/mol. The van der Waals surface area contributed by atoms with Crippen molar-refractivity contribution in [3.05, 3.63) is 51.5 Å². The first-order chi connectivity index (χ1) is 14.9. The molecule has 1 aliphatic heterocycles. The molecule has 31 heavy (non-hydrogen) atoms. The van der Waals surface area contributed by atoms with E-state index in [9.17, 15) is 18.0 Å². The number of hydrogen-bond acceptors (Lipinski definition) is 7. The zero-order valence-corrected chi connectivity index (χ0v) is 17.3. The quantitative estimate of drug-likeness (QED) is 0.619. The lowest BCUT2D eigenvalue weighted by molar-refractivity contribution is -0.143. The van der Waals surface area contributed by atoms with Gasteiger partial charge in [0.15, 0.2) is 11.5 Å². The zero-order valence-electron chi connectivity index (χ0n) is 16.5. The first-order valence-electron chi connectivity index (χ1n) is 9.46. The maximum Gasteiger partial charge on any atom is 0.434 e. The van der Waals surface area contributed by atoms with Gasteiger partial charge < -0.3 is 10.1 Å². The highest BCUT2D eigenvalue weighted by Gasteiger charge is 2.41. The third kappa shape index (κ3) is 4.54. The van der Waals surface area contributed by atoms with Crippen LogP contribution in [0.5, 0.6) is 5.88 Å². The number of halogens is 3. The lowest BCUT2D eigenvalue weighted by atomic mass is 10.1. The lowest BCUT2D eigenvalue weighted by Gasteiger charge is -2.26. The normalized spacial score (nSPS) is 14.3. The van der Waals surface area contributed by atoms with Crippen LogP contribution >= 0.6 is 11.3 Å². The van der Waals surface area contributed by atoms with Crippen LogP contribution in [0.4, 0.5) is 13.2 Å². The maximum atomic E-state index is 13.7. The van der Waals surface area contributed by atoms with Gasteiger partial charge >= 0.3 is 6.18 Å². The largest absolute Gasteiger partial charge is 0.480 e. The molecule has 3 aromatic heterocycles. The van der Waals surface area contributed by atoms with Crippen molar-refractivity contribution in [1.82, 2.24) is 30.2 Å². The number of alkyl halides is 3. The average Bonchev–Trinajstić information content (AvgIpc) is 3.40. The molecule has 0 atom stereocenters. The maximum absolute atomic E-state index is 13.7. The summed E-state index contributed by atoms with van der Waals surface area (Å²) in [4.78, 5) is 16.0. The van der Waals surface area contributed by atoms with E-state index in [-0.39, 0.29) is 18.2 Å². The van der Waals surface area contributed by atoms with Crippen LogP contribution in [-0.2, 0) is 19.1 Å². The molecule has 0 saturated carbocycles. The summed E-state index contributed by atoms with van der Waals surface area (Å²) in [5.74, 6) is -0.866. The molecule has 4 rings (SSSR count). The Bertz CT molecular complexity index is 1060. The molecule has 0 radical (unpaired) electrons. The molecule has 3 aromatic rings. The summed E-state index contributed by atoms with van der Waals surface area (Å²) in [6, 6.07) is 4.73. The molecular formula is C19H19F3N6O2S. The lowest BCUT2D eigenvalue weighted by Crippen LogP contribution is -2.37. The summed E-state index contributed by atoms with van der Waals surface area (Å²) in [6.07, 6.45) is -2.98. The van der Waals surface area contributed by atoms with Crippen molar-refractivity contribution in [3.63, 3.8) is 0 Å². The van der Waals surface area contributed by atoms with Crippen molar-refractivity contribution in [2.75, 3.05) is 26.7 Å². The predicted octanol–water partition coefficient (Wildman–Crippen LogP) is 2.54. The third-order valence-corrected chi connectivity index (χ3v) is 5.96. The number of hydrogen-bond donors (Lipinski definition) is 1. The van der Waals surface area contributed by atoms with Gasteiger partial charge in [-0.2, -0.15) is 18.3 Å². The van der Waals surface area contributed by atoms with Crippen molar-refractivity contribution in [2.24, 2.45) is 0 Å². The number of nitrogens with one attached hydrogen (secondary N) is 1. The number of ether oxygens (including phenoxy) is 1. The Morgan fingerprint density at radius 3 is 2.84 bits per heavy atom. The second kappa shape index (κ2) is 8.63. The summed E-state index contributed by atoms with van der Waals surface area (Å²) in [6.45, 7) is 2.39. The van der Waals surface area contributed by atoms with Gasteiger partial charge in [-0.05, 0) is 29.5 Å². The Balaban J connectivity index is 1.45. The van der Waals surface area contributed by atoms with Gasteiger partial charge in [0.25, 0.3) is 5.91 Å². The summed E-state index contributed by atoms with van der Waals surface area (Å²) in [5, 5.41) is 15.7. The van der Waals surface area contributed by atoms with E-state index in [0.29, 0.717) is 11.2 Å². The molecule has 0 saturated heterocycles. The van der Waals surface area contributed by atoms with E-state index in [1.54, 1.807) is 11.3 Å². The van der Waals surface area contributed by atoms with Crippen LogP contribution in [0.2, 0.25) is 0 Å². The highest BCUT2D eigenvalue weighted by atomic mass is 32.1. The van der Waals surface area contributed by atoms with Crippen LogP contribution in [0.3, 0.4) is 0 Å². The summed E-state index contributed by atoms with van der Waals surface area (Å²) in [7, 11) is 1.37. The number of nitrogens with zero attached hydrogens (tertiary/aromatic N) is 5. The summed E-state index contributed by atoms with van der Waals surface area (Å²) < 4.78 is 46.6. The van der Waals surface area contributed by atoms with Gasteiger partial charge in [-0.25, -0.2) is 4.68 Å². The van der Waals surface area contributed by atoms with Crippen LogP contribution in [0.25, 0.3) is 5.82 Å². The fraction of sp³-hybridized carbons (Fsp3) is 0.368. The Morgan fingerprint density at radius 2 is 2.13 bits per heavy atom. The molecule has 1 aliphatic rings. The predicted molar refractivity (Wildman–Crippen MR) is 106 cm³/mol. The minimum Gasteiger partial charge on any atom is -0.480 e. The van der Waals surface area contributed by atoms with Gasteiger partial charge in [-0.1, -0.05) is 0 Å². The van der Waals surface area contributed by atoms with Crippen LogP contribution < -0.4 is 10.1 Å². The van der Waals surface area contributed by atoms with E-state index in [4.69, 9.17) is 4.74 Å². The zero-order chi connectivity index (χ0) is 22.0. The number of rotatable bonds is 6. The Hall–Kier alpha value is -2.99. The van der Waals surface area contributed by atoms with Gasteiger partial charge in [0, 0.05) is 37.1 Å². The number of fused-ring (bicyclic) bond motifs is 1. The molecule has 8 nitrogen and oxygen atoms in total. The molecule has 0 aliphatic carbocycles. The van der Waals surface area contributed by atoms with Crippen molar-refractivity contribution in [1.29, 1.82) is 0 Å². The molecule has 164 valence electrons. The number of carbonyl (C=O) groups is 1. The highest BCUT2D eigenvalue weighted by molar-refractivity contribution is 7.10. The summed E-state index contributed by atoms with van der Waals surface area (Å²) >= 11 is 1.73. The Labute approximate surface area is 179 Å². The number of carbonyl (C=O) groups excluding carboxylic acids is 1. The molecule has 0 aromatic carbocycles. The molecule has 0 bridgehead atoms. The molecule has 0 spiro atoms. The van der Waals surface area contributed by atoms with E-state index in [2.05, 4.69) is 37.0 Å². The molecule has 0 fully saturated rings.